The second kappa shape index (κ2) is 11.5. The first kappa shape index (κ1) is 26.1. The maximum atomic E-state index is 13.5. The van der Waals surface area contributed by atoms with Gasteiger partial charge in [-0.3, -0.25) is 9.59 Å². The number of para-hydroxylation sites is 1. The number of hydrogen-bond donors (Lipinski definition) is 2. The Labute approximate surface area is 227 Å². The molecule has 0 bridgehead atoms. The number of aromatic nitrogens is 1. The molecule has 2 N–H and O–H groups in total. The number of benzene rings is 3. The Morgan fingerprint density at radius 1 is 0.949 bits per heavy atom. The van der Waals surface area contributed by atoms with E-state index in [9.17, 15) is 14.7 Å². The number of methoxy groups -OCH3 is 1. The molecule has 0 aliphatic carbocycles. The third-order valence-electron chi connectivity index (χ3n) is 7.11. The van der Waals surface area contributed by atoms with Crippen molar-refractivity contribution in [1.29, 1.82) is 0 Å². The Hall–Kier alpha value is -4.52. The summed E-state index contributed by atoms with van der Waals surface area (Å²) in [4.78, 5) is 31.7. The zero-order chi connectivity index (χ0) is 27.4. The first-order chi connectivity index (χ1) is 19.0. The Kier molecular flexibility index (Phi) is 7.68. The normalized spacial score (nSPS) is 16.7. The van der Waals surface area contributed by atoms with Gasteiger partial charge in [-0.25, -0.2) is 0 Å². The lowest BCUT2D eigenvalue weighted by molar-refractivity contribution is -0.140. The summed E-state index contributed by atoms with van der Waals surface area (Å²) in [6.07, 6.45) is 5.00. The van der Waals surface area contributed by atoms with E-state index in [-0.39, 0.29) is 17.9 Å². The van der Waals surface area contributed by atoms with Gasteiger partial charge in [0.15, 0.2) is 0 Å². The average molecular weight is 525 g/mol. The summed E-state index contributed by atoms with van der Waals surface area (Å²) in [5, 5.41) is 12.3. The highest BCUT2D eigenvalue weighted by Gasteiger charge is 2.46. The third-order valence-corrected chi connectivity index (χ3v) is 7.11. The van der Waals surface area contributed by atoms with Gasteiger partial charge in [-0.1, -0.05) is 50.1 Å². The second-order valence-corrected chi connectivity index (χ2v) is 9.64. The van der Waals surface area contributed by atoms with E-state index in [4.69, 9.17) is 9.47 Å². The predicted octanol–water partition coefficient (Wildman–Crippen LogP) is 6.37. The van der Waals surface area contributed by atoms with Gasteiger partial charge in [-0.15, -0.1) is 0 Å². The van der Waals surface area contributed by atoms with Crippen molar-refractivity contribution in [3.05, 3.63) is 101 Å². The second-order valence-electron chi connectivity index (χ2n) is 9.64. The lowest BCUT2D eigenvalue weighted by Crippen LogP contribution is -2.29. The number of carbonyl (C=O) groups is 2. The summed E-state index contributed by atoms with van der Waals surface area (Å²) in [5.41, 5.74) is 2.98. The zero-order valence-corrected chi connectivity index (χ0v) is 22.1. The summed E-state index contributed by atoms with van der Waals surface area (Å²) in [5.74, 6) is -0.185. The molecule has 0 radical (unpaired) electrons. The molecule has 1 aromatic heterocycles. The van der Waals surface area contributed by atoms with Crippen molar-refractivity contribution in [2.24, 2.45) is 0 Å². The summed E-state index contributed by atoms with van der Waals surface area (Å²) in [7, 11) is 1.59. The molecule has 1 atom stereocenters. The van der Waals surface area contributed by atoms with Crippen molar-refractivity contribution in [1.82, 2.24) is 9.88 Å². The maximum absolute atomic E-state index is 13.5. The number of fused-ring (bicyclic) bond motifs is 1. The topological polar surface area (TPSA) is 91.9 Å². The van der Waals surface area contributed by atoms with Crippen LogP contribution in [0.2, 0.25) is 0 Å². The van der Waals surface area contributed by atoms with Crippen LogP contribution in [0, 0.1) is 0 Å². The fourth-order valence-electron chi connectivity index (χ4n) is 5.02. The van der Waals surface area contributed by atoms with Gasteiger partial charge in [0.1, 0.15) is 17.3 Å². The molecule has 5 rings (SSSR count). The minimum Gasteiger partial charge on any atom is -0.507 e. The third kappa shape index (κ3) is 5.25. The van der Waals surface area contributed by atoms with Crippen molar-refractivity contribution >= 4 is 28.4 Å². The van der Waals surface area contributed by atoms with Crippen molar-refractivity contribution in [2.75, 3.05) is 13.7 Å². The smallest absolute Gasteiger partial charge is 0.295 e. The molecular formula is C32H32N2O5. The van der Waals surface area contributed by atoms with E-state index in [0.29, 0.717) is 23.7 Å². The van der Waals surface area contributed by atoms with Crippen molar-refractivity contribution in [3.63, 3.8) is 0 Å². The zero-order valence-electron chi connectivity index (χ0n) is 22.1. The number of aliphatic hydroxyl groups is 1. The highest BCUT2D eigenvalue weighted by Crippen LogP contribution is 2.42. The van der Waals surface area contributed by atoms with Gasteiger partial charge in [0.2, 0.25) is 0 Å². The van der Waals surface area contributed by atoms with Crippen LogP contribution < -0.4 is 9.47 Å². The Morgan fingerprint density at radius 3 is 2.38 bits per heavy atom. The number of carbonyl (C=O) groups excluding carboxylic acids is 2. The first-order valence-corrected chi connectivity index (χ1v) is 13.2. The van der Waals surface area contributed by atoms with Crippen LogP contribution in [0.4, 0.5) is 0 Å². The van der Waals surface area contributed by atoms with E-state index < -0.39 is 17.7 Å². The van der Waals surface area contributed by atoms with Crippen LogP contribution in [0.3, 0.4) is 0 Å². The largest absolute Gasteiger partial charge is 0.507 e. The summed E-state index contributed by atoms with van der Waals surface area (Å²) < 4.78 is 11.1. The number of amides is 1. The molecule has 1 aliphatic rings. The molecule has 0 spiro atoms. The molecule has 1 aliphatic heterocycles. The van der Waals surface area contributed by atoms with Gasteiger partial charge >= 0.3 is 0 Å². The number of aromatic amines is 1. The van der Waals surface area contributed by atoms with Crippen LogP contribution in [-0.4, -0.2) is 40.4 Å². The van der Waals surface area contributed by atoms with Crippen molar-refractivity contribution in [2.45, 2.75) is 38.8 Å². The lowest BCUT2D eigenvalue weighted by atomic mass is 9.94. The number of unbranched alkanes of at least 4 members (excludes halogenated alkanes) is 2. The van der Waals surface area contributed by atoms with E-state index >= 15 is 0 Å². The molecule has 1 amide bonds. The first-order valence-electron chi connectivity index (χ1n) is 13.2. The molecule has 1 fully saturated rings. The van der Waals surface area contributed by atoms with E-state index in [0.717, 1.165) is 41.3 Å². The molecule has 39 heavy (non-hydrogen) atoms. The molecule has 2 heterocycles. The number of Topliss-reactive ketones (excluding diaryl/α,β-unsaturated/α-hetero) is 1. The molecule has 1 unspecified atom stereocenters. The van der Waals surface area contributed by atoms with E-state index in [2.05, 4.69) is 11.9 Å². The van der Waals surface area contributed by atoms with Crippen LogP contribution in [0.25, 0.3) is 16.7 Å². The predicted molar refractivity (Wildman–Crippen MR) is 151 cm³/mol. The quantitative estimate of drug-likeness (QED) is 0.109. The molecule has 1 saturated heterocycles. The van der Waals surface area contributed by atoms with Gasteiger partial charge in [0.25, 0.3) is 11.7 Å². The monoisotopic (exact) mass is 524 g/mol. The fourth-order valence-corrected chi connectivity index (χ4v) is 5.02. The number of hydrogen-bond acceptors (Lipinski definition) is 5. The molecule has 7 heteroatoms. The standard InChI is InChI=1S/C32H32N2O5/c1-3-4-7-18-39-24-16-12-22(13-17-24)30(35)28-29(26-19-33-27-9-6-5-8-25(26)27)34(32(37)31(28)36)20-21-10-14-23(38-2)15-11-21/h5-6,8-17,19,29,33,35H,3-4,7,18,20H2,1-2H3/b30-28+. The number of nitrogens with one attached hydrogen (secondary N) is 1. The summed E-state index contributed by atoms with van der Waals surface area (Å²) in [6.45, 7) is 2.96. The van der Waals surface area contributed by atoms with Crippen molar-refractivity contribution < 1.29 is 24.2 Å². The highest BCUT2D eigenvalue weighted by molar-refractivity contribution is 6.46. The van der Waals surface area contributed by atoms with Crippen LogP contribution >= 0.6 is 0 Å². The number of aliphatic hydroxyl groups excluding tert-OH is 1. The van der Waals surface area contributed by atoms with Crippen LogP contribution in [-0.2, 0) is 16.1 Å². The molecule has 3 aromatic carbocycles. The SMILES string of the molecule is CCCCCOc1ccc(/C(O)=C2\C(=O)C(=O)N(Cc3ccc(OC)cc3)C2c2c[nH]c3ccccc23)cc1. The fraction of sp³-hybridized carbons (Fsp3) is 0.250. The Morgan fingerprint density at radius 2 is 1.67 bits per heavy atom. The minimum absolute atomic E-state index is 0.0647. The van der Waals surface area contributed by atoms with E-state index in [1.165, 1.54) is 4.90 Å². The Bertz CT molecular complexity index is 1500. The molecule has 200 valence electrons. The average Bonchev–Trinajstić information content (AvgIpc) is 3.50. The number of ketones is 1. The van der Waals surface area contributed by atoms with Gasteiger partial charge in [0.05, 0.1) is 25.3 Å². The number of nitrogens with zero attached hydrogens (tertiary/aromatic N) is 1. The number of ether oxygens (including phenoxy) is 2. The van der Waals surface area contributed by atoms with Crippen LogP contribution in [0.15, 0.2) is 84.6 Å². The van der Waals surface area contributed by atoms with Gasteiger partial charge in [-0.05, 0) is 54.4 Å². The van der Waals surface area contributed by atoms with Gasteiger partial charge < -0.3 is 24.5 Å². The maximum Gasteiger partial charge on any atom is 0.295 e. The summed E-state index contributed by atoms with van der Waals surface area (Å²) in [6, 6.07) is 21.3. The molecular weight excluding hydrogens is 492 g/mol. The van der Waals surface area contributed by atoms with Crippen molar-refractivity contribution in [3.8, 4) is 11.5 Å². The number of likely N-dealkylation sites (tertiary alicyclic amines) is 1. The molecule has 0 saturated carbocycles. The van der Waals surface area contributed by atoms with Crippen LogP contribution in [0.5, 0.6) is 11.5 Å². The molecule has 7 nitrogen and oxygen atoms in total. The Balaban J connectivity index is 1.54. The van der Waals surface area contributed by atoms with E-state index in [1.807, 2.05) is 54.7 Å². The van der Waals surface area contributed by atoms with Gasteiger partial charge in [0, 0.05) is 34.8 Å². The van der Waals surface area contributed by atoms with Gasteiger partial charge in [-0.2, -0.15) is 0 Å². The van der Waals surface area contributed by atoms with Crippen LogP contribution in [0.1, 0.15) is 48.9 Å². The summed E-state index contributed by atoms with van der Waals surface area (Å²) >= 11 is 0. The number of H-pyrrole nitrogens is 1. The number of rotatable bonds is 10. The van der Waals surface area contributed by atoms with E-state index in [1.54, 1.807) is 31.4 Å². The molecule has 4 aromatic rings. The lowest BCUT2D eigenvalue weighted by Gasteiger charge is -2.25. The minimum atomic E-state index is -0.770. The highest BCUT2D eigenvalue weighted by atomic mass is 16.5.